The fraction of sp³-hybridized carbons (Fsp3) is 0.179. The molecule has 0 aliphatic heterocycles. The summed E-state index contributed by atoms with van der Waals surface area (Å²) < 4.78 is 14.4. The number of aryl methyl sites for hydroxylation is 2. The fourth-order valence-electron chi connectivity index (χ4n) is 3.94. The average molecular weight is 499 g/mol. The number of methoxy groups -OCH3 is 1. The number of hydrogen-bond acceptors (Lipinski definition) is 6. The molecule has 0 fully saturated rings. The summed E-state index contributed by atoms with van der Waals surface area (Å²) in [5, 5.41) is 0.651. The third-order valence-electron chi connectivity index (χ3n) is 5.83. The molecule has 5 rings (SSSR count). The van der Waals surface area contributed by atoms with Crippen molar-refractivity contribution in [2.75, 3.05) is 18.6 Å². The van der Waals surface area contributed by atoms with Gasteiger partial charge in [-0.3, -0.25) is 9.69 Å². The van der Waals surface area contributed by atoms with Gasteiger partial charge >= 0.3 is 0 Å². The van der Waals surface area contributed by atoms with Gasteiger partial charge in [0.05, 0.1) is 18.1 Å². The number of ether oxygens (including phenoxy) is 2. The highest BCUT2D eigenvalue weighted by Crippen LogP contribution is 2.37. The molecule has 0 atom stereocenters. The van der Waals surface area contributed by atoms with Crippen LogP contribution >= 0.6 is 11.3 Å². The molecular formula is C28H26N4O3S. The molecular weight excluding hydrogens is 472 g/mol. The predicted molar refractivity (Wildman–Crippen MR) is 142 cm³/mol. The van der Waals surface area contributed by atoms with Crippen molar-refractivity contribution in [3.63, 3.8) is 0 Å². The third kappa shape index (κ3) is 5.08. The second-order valence-corrected chi connectivity index (χ2v) is 9.29. The van der Waals surface area contributed by atoms with E-state index in [0.717, 1.165) is 34.5 Å². The standard InChI is InChI=1S/C28H26N4O3S/c1-20-9-14-24(34-2)25-26(20)36-28(30-25)32(17-6-16-31-18-15-29-19-31)27(33)21-10-12-23(13-11-21)35-22-7-4-3-5-8-22/h3-5,7-15,18-19H,6,16-17H2,1-2H3. The molecule has 36 heavy (non-hydrogen) atoms. The van der Waals surface area contributed by atoms with Crippen LogP contribution in [0.25, 0.3) is 10.2 Å². The van der Waals surface area contributed by atoms with E-state index in [9.17, 15) is 4.79 Å². The highest BCUT2D eigenvalue weighted by atomic mass is 32.1. The van der Waals surface area contributed by atoms with E-state index >= 15 is 0 Å². The maximum Gasteiger partial charge on any atom is 0.260 e. The van der Waals surface area contributed by atoms with Crippen molar-refractivity contribution < 1.29 is 14.3 Å². The molecule has 8 heteroatoms. The summed E-state index contributed by atoms with van der Waals surface area (Å²) in [6, 6.07) is 20.7. The first-order valence-corrected chi connectivity index (χ1v) is 12.5. The van der Waals surface area contributed by atoms with Gasteiger partial charge in [-0.25, -0.2) is 9.97 Å². The van der Waals surface area contributed by atoms with Crippen molar-refractivity contribution in [1.82, 2.24) is 14.5 Å². The zero-order valence-corrected chi connectivity index (χ0v) is 20.9. The normalized spacial score (nSPS) is 10.9. The number of thiazole rings is 1. The number of carbonyl (C=O) groups is 1. The van der Waals surface area contributed by atoms with Crippen molar-refractivity contribution in [3.05, 3.63) is 96.6 Å². The Balaban J connectivity index is 1.42. The molecule has 0 saturated heterocycles. The van der Waals surface area contributed by atoms with Gasteiger partial charge in [-0.1, -0.05) is 35.6 Å². The first-order valence-electron chi connectivity index (χ1n) is 11.7. The van der Waals surface area contributed by atoms with Crippen LogP contribution in [0.4, 0.5) is 5.13 Å². The lowest BCUT2D eigenvalue weighted by Crippen LogP contribution is -2.32. The molecule has 1 amide bonds. The number of fused-ring (bicyclic) bond motifs is 1. The number of nitrogens with zero attached hydrogens (tertiary/aromatic N) is 4. The van der Waals surface area contributed by atoms with Crippen molar-refractivity contribution in [3.8, 4) is 17.2 Å². The lowest BCUT2D eigenvalue weighted by Gasteiger charge is -2.20. The van der Waals surface area contributed by atoms with Gasteiger partial charge in [0.25, 0.3) is 5.91 Å². The Morgan fingerprint density at radius 3 is 2.53 bits per heavy atom. The molecule has 0 radical (unpaired) electrons. The minimum Gasteiger partial charge on any atom is -0.494 e. The first kappa shape index (κ1) is 23.6. The SMILES string of the molecule is COc1ccc(C)c2sc(N(CCCn3ccnc3)C(=O)c3ccc(Oc4ccccc4)cc3)nc12. The summed E-state index contributed by atoms with van der Waals surface area (Å²) in [6.07, 6.45) is 6.21. The largest absolute Gasteiger partial charge is 0.494 e. The van der Waals surface area contributed by atoms with Crippen LogP contribution in [-0.4, -0.2) is 34.1 Å². The number of amides is 1. The van der Waals surface area contributed by atoms with Crippen molar-refractivity contribution in [1.29, 1.82) is 0 Å². The van der Waals surface area contributed by atoms with Gasteiger partial charge < -0.3 is 14.0 Å². The molecule has 0 unspecified atom stereocenters. The Morgan fingerprint density at radius 1 is 1.03 bits per heavy atom. The van der Waals surface area contributed by atoms with Crippen LogP contribution in [0.1, 0.15) is 22.3 Å². The Morgan fingerprint density at radius 2 is 1.81 bits per heavy atom. The van der Waals surface area contributed by atoms with Gasteiger partial charge in [0.15, 0.2) is 5.13 Å². The van der Waals surface area contributed by atoms with Crippen LogP contribution in [-0.2, 0) is 6.54 Å². The van der Waals surface area contributed by atoms with Gasteiger partial charge in [0.1, 0.15) is 22.8 Å². The zero-order chi connectivity index (χ0) is 24.9. The Kier molecular flexibility index (Phi) is 6.95. The molecule has 7 nitrogen and oxygen atoms in total. The lowest BCUT2D eigenvalue weighted by atomic mass is 10.2. The van der Waals surface area contributed by atoms with Gasteiger partial charge in [0.2, 0.25) is 0 Å². The second-order valence-electron chi connectivity index (χ2n) is 8.31. The quantitative estimate of drug-likeness (QED) is 0.237. The molecule has 0 N–H and O–H groups in total. The second kappa shape index (κ2) is 10.6. The predicted octanol–water partition coefficient (Wildman–Crippen LogP) is 6.34. The van der Waals surface area contributed by atoms with E-state index in [1.54, 1.807) is 36.7 Å². The van der Waals surface area contributed by atoms with Crippen LogP contribution in [0.5, 0.6) is 17.2 Å². The van der Waals surface area contributed by atoms with Crippen LogP contribution in [0.2, 0.25) is 0 Å². The number of benzene rings is 3. The maximum absolute atomic E-state index is 13.7. The molecule has 5 aromatic rings. The molecule has 0 spiro atoms. The molecule has 0 aliphatic carbocycles. The number of imidazole rings is 1. The Hall–Kier alpha value is -4.17. The van der Waals surface area contributed by atoms with Gasteiger partial charge in [-0.05, 0) is 61.4 Å². The van der Waals surface area contributed by atoms with Crippen LogP contribution in [0.3, 0.4) is 0 Å². The molecule has 0 aliphatic rings. The highest BCUT2D eigenvalue weighted by molar-refractivity contribution is 7.22. The Labute approximate surface area is 213 Å². The topological polar surface area (TPSA) is 69.5 Å². The monoisotopic (exact) mass is 498 g/mol. The van der Waals surface area contributed by atoms with Crippen molar-refractivity contribution in [2.45, 2.75) is 19.9 Å². The van der Waals surface area contributed by atoms with Crippen LogP contribution in [0, 0.1) is 6.92 Å². The fourth-order valence-corrected chi connectivity index (χ4v) is 5.01. The number of hydrogen-bond donors (Lipinski definition) is 0. The average Bonchev–Trinajstić information content (AvgIpc) is 3.59. The smallest absolute Gasteiger partial charge is 0.260 e. The highest BCUT2D eigenvalue weighted by Gasteiger charge is 2.23. The van der Waals surface area contributed by atoms with Crippen molar-refractivity contribution >= 4 is 32.6 Å². The minimum absolute atomic E-state index is 0.109. The van der Waals surface area contributed by atoms with Gasteiger partial charge in [-0.2, -0.15) is 0 Å². The summed E-state index contributed by atoms with van der Waals surface area (Å²) in [5.74, 6) is 2.01. The van der Waals surface area contributed by atoms with E-state index in [1.165, 1.54) is 11.3 Å². The molecule has 0 saturated carbocycles. The van der Waals surface area contributed by atoms with Crippen molar-refractivity contribution in [2.24, 2.45) is 0 Å². The summed E-state index contributed by atoms with van der Waals surface area (Å²) in [4.78, 5) is 24.4. The van der Waals surface area contributed by atoms with E-state index in [2.05, 4.69) is 4.98 Å². The van der Waals surface area contributed by atoms with Gasteiger partial charge in [-0.15, -0.1) is 0 Å². The minimum atomic E-state index is -0.109. The lowest BCUT2D eigenvalue weighted by molar-refractivity contribution is 0.0986. The molecule has 0 bridgehead atoms. The number of para-hydroxylation sites is 1. The van der Waals surface area contributed by atoms with E-state index in [0.29, 0.717) is 28.7 Å². The first-order chi connectivity index (χ1) is 17.6. The van der Waals surface area contributed by atoms with E-state index < -0.39 is 0 Å². The number of rotatable bonds is 9. The van der Waals surface area contributed by atoms with E-state index in [-0.39, 0.29) is 5.91 Å². The van der Waals surface area contributed by atoms with Crippen LogP contribution < -0.4 is 14.4 Å². The van der Waals surface area contributed by atoms with E-state index in [1.807, 2.05) is 72.3 Å². The molecule has 3 aromatic carbocycles. The zero-order valence-electron chi connectivity index (χ0n) is 20.1. The summed E-state index contributed by atoms with van der Waals surface area (Å²) in [7, 11) is 1.64. The summed E-state index contributed by atoms with van der Waals surface area (Å²) >= 11 is 1.51. The number of anilines is 1. The summed E-state index contributed by atoms with van der Waals surface area (Å²) in [5.41, 5.74) is 2.44. The van der Waals surface area contributed by atoms with Crippen LogP contribution in [0.15, 0.2) is 85.5 Å². The molecule has 2 aromatic heterocycles. The number of carbonyl (C=O) groups excluding carboxylic acids is 1. The van der Waals surface area contributed by atoms with E-state index in [4.69, 9.17) is 14.5 Å². The third-order valence-corrected chi connectivity index (χ3v) is 7.04. The van der Waals surface area contributed by atoms with Gasteiger partial charge in [0, 0.05) is 31.0 Å². The maximum atomic E-state index is 13.7. The Bertz CT molecular complexity index is 1450. The molecule has 2 heterocycles. The summed E-state index contributed by atoms with van der Waals surface area (Å²) in [6.45, 7) is 3.31. The number of aromatic nitrogens is 3. The molecule has 182 valence electrons.